The Hall–Kier alpha value is -4.79. The first-order chi connectivity index (χ1) is 20.3. The summed E-state index contributed by atoms with van der Waals surface area (Å²) < 4.78 is 40.0. The molecule has 14 heteroatoms. The quantitative estimate of drug-likeness (QED) is 0.275. The Bertz CT molecular complexity index is 1850. The van der Waals surface area contributed by atoms with E-state index in [1.807, 2.05) is 25.1 Å². The molecule has 1 aliphatic heterocycles. The zero-order valence-electron chi connectivity index (χ0n) is 22.9. The second-order valence-corrected chi connectivity index (χ2v) is 11.5. The Labute approximate surface area is 241 Å². The Morgan fingerprint density at radius 3 is 2.62 bits per heavy atom. The average Bonchev–Trinajstić information content (AvgIpc) is 3.67. The molecular weight excluding hydrogens is 560 g/mol. The first kappa shape index (κ1) is 27.4. The number of nitrogens with zero attached hydrogens (tertiary/aromatic N) is 6. The number of nitrogens with one attached hydrogen (secondary N) is 2. The molecule has 2 N–H and O–H groups in total. The van der Waals surface area contributed by atoms with E-state index in [0.29, 0.717) is 43.3 Å². The topological polar surface area (TPSA) is 148 Å². The highest BCUT2D eigenvalue weighted by atomic mass is 32.2. The van der Waals surface area contributed by atoms with Crippen LogP contribution >= 0.6 is 0 Å². The number of imidazole rings is 1. The van der Waals surface area contributed by atoms with E-state index < -0.39 is 15.9 Å². The number of para-hydroxylation sites is 1. The van der Waals surface area contributed by atoms with E-state index in [9.17, 15) is 13.2 Å². The third kappa shape index (κ3) is 5.30. The number of hydrogen-bond acceptors (Lipinski definition) is 10. The molecule has 4 heterocycles. The standard InChI is InChI=1S/C28H28N8O5S/c1-19-6-3-9-22-25(19)32-28(33-26(37)23-10-5-15-41-23)36(22)34(2)24-11-12-29-27(31-24)30-20-7-4-8-21(18-20)42(38,39)35-13-16-40-17-14-35/h3-12,15,18H,13-14,16-17H2,1-2H3,(H,29,30,31)(H,32,33,37). The molecule has 3 aromatic heterocycles. The Morgan fingerprint density at radius 2 is 1.83 bits per heavy atom. The van der Waals surface area contributed by atoms with Gasteiger partial charge < -0.3 is 14.5 Å². The smallest absolute Gasteiger partial charge is 0.293 e. The molecule has 1 aliphatic rings. The lowest BCUT2D eigenvalue weighted by molar-refractivity contribution is 0.0730. The van der Waals surface area contributed by atoms with Gasteiger partial charge in [0.05, 0.1) is 35.4 Å². The maximum absolute atomic E-state index is 13.1. The molecule has 13 nitrogen and oxygen atoms in total. The fraction of sp³-hybridized carbons (Fsp3) is 0.214. The largest absolute Gasteiger partial charge is 0.459 e. The van der Waals surface area contributed by atoms with Crippen LogP contribution in [0.25, 0.3) is 11.0 Å². The molecule has 1 saturated heterocycles. The van der Waals surface area contributed by atoms with Gasteiger partial charge in [0.25, 0.3) is 5.91 Å². The molecule has 0 saturated carbocycles. The summed E-state index contributed by atoms with van der Waals surface area (Å²) >= 11 is 0. The number of aryl methyl sites for hydroxylation is 1. The fourth-order valence-corrected chi connectivity index (χ4v) is 6.13. The maximum atomic E-state index is 13.1. The lowest BCUT2D eigenvalue weighted by Crippen LogP contribution is -2.40. The van der Waals surface area contributed by atoms with Gasteiger partial charge in [-0.1, -0.05) is 18.2 Å². The summed E-state index contributed by atoms with van der Waals surface area (Å²) in [5.41, 5.74) is 2.91. The van der Waals surface area contributed by atoms with Crippen molar-refractivity contribution < 1.29 is 22.4 Å². The van der Waals surface area contributed by atoms with Gasteiger partial charge in [-0.05, 0) is 48.9 Å². The van der Waals surface area contributed by atoms with Crippen molar-refractivity contribution in [1.82, 2.24) is 23.9 Å². The van der Waals surface area contributed by atoms with Gasteiger partial charge in [0, 0.05) is 38.1 Å². The predicted molar refractivity (Wildman–Crippen MR) is 156 cm³/mol. The zero-order valence-corrected chi connectivity index (χ0v) is 23.7. The van der Waals surface area contributed by atoms with Crippen molar-refractivity contribution in [2.75, 3.05) is 49.0 Å². The summed E-state index contributed by atoms with van der Waals surface area (Å²) in [5.74, 6) is 0.720. The van der Waals surface area contributed by atoms with E-state index in [4.69, 9.17) is 9.15 Å². The van der Waals surface area contributed by atoms with E-state index in [2.05, 4.69) is 25.6 Å². The van der Waals surface area contributed by atoms with Gasteiger partial charge in [0.1, 0.15) is 0 Å². The lowest BCUT2D eigenvalue weighted by Gasteiger charge is -2.26. The molecule has 1 fully saturated rings. The van der Waals surface area contributed by atoms with Crippen LogP contribution in [-0.4, -0.2) is 71.6 Å². The van der Waals surface area contributed by atoms with Gasteiger partial charge in [0.15, 0.2) is 11.6 Å². The normalized spacial score (nSPS) is 14.1. The number of hydrogen-bond donors (Lipinski definition) is 2. The van der Waals surface area contributed by atoms with E-state index in [-0.39, 0.29) is 22.6 Å². The molecule has 216 valence electrons. The Kier molecular flexibility index (Phi) is 7.33. The number of furan rings is 1. The fourth-order valence-electron chi connectivity index (χ4n) is 4.67. The van der Waals surface area contributed by atoms with Gasteiger partial charge in [-0.15, -0.1) is 0 Å². The minimum atomic E-state index is -3.67. The number of carbonyl (C=O) groups is 1. The third-order valence-corrected chi connectivity index (χ3v) is 8.70. The second-order valence-electron chi connectivity index (χ2n) is 9.55. The number of rotatable bonds is 8. The monoisotopic (exact) mass is 588 g/mol. The first-order valence-electron chi connectivity index (χ1n) is 13.2. The maximum Gasteiger partial charge on any atom is 0.293 e. The van der Waals surface area contributed by atoms with Crippen LogP contribution in [0.4, 0.5) is 23.4 Å². The minimum Gasteiger partial charge on any atom is -0.459 e. The molecule has 0 atom stereocenters. The number of benzene rings is 2. The van der Waals surface area contributed by atoms with Crippen molar-refractivity contribution in [2.45, 2.75) is 11.8 Å². The molecule has 0 spiro atoms. The van der Waals surface area contributed by atoms with Crippen molar-refractivity contribution in [3.05, 3.63) is 84.4 Å². The third-order valence-electron chi connectivity index (χ3n) is 6.80. The van der Waals surface area contributed by atoms with Gasteiger partial charge in [-0.2, -0.15) is 9.29 Å². The summed E-state index contributed by atoms with van der Waals surface area (Å²) in [6.07, 6.45) is 3.01. The van der Waals surface area contributed by atoms with Crippen LogP contribution in [0.1, 0.15) is 16.1 Å². The van der Waals surface area contributed by atoms with E-state index >= 15 is 0 Å². The molecule has 1 amide bonds. The zero-order chi connectivity index (χ0) is 29.3. The molecule has 0 radical (unpaired) electrons. The number of ether oxygens (including phenoxy) is 1. The number of morpholine rings is 1. The van der Waals surface area contributed by atoms with Gasteiger partial charge >= 0.3 is 0 Å². The number of aromatic nitrogens is 4. The van der Waals surface area contributed by atoms with Crippen molar-refractivity contribution in [3.63, 3.8) is 0 Å². The van der Waals surface area contributed by atoms with E-state index in [0.717, 1.165) is 11.1 Å². The van der Waals surface area contributed by atoms with Crippen LogP contribution in [0, 0.1) is 6.92 Å². The van der Waals surface area contributed by atoms with Gasteiger partial charge in [0.2, 0.25) is 21.9 Å². The van der Waals surface area contributed by atoms with Crippen molar-refractivity contribution in [3.8, 4) is 0 Å². The van der Waals surface area contributed by atoms with E-state index in [1.54, 1.807) is 65.4 Å². The van der Waals surface area contributed by atoms with Crippen LogP contribution in [0.15, 0.2) is 82.4 Å². The molecule has 0 unspecified atom stereocenters. The van der Waals surface area contributed by atoms with Crippen molar-refractivity contribution in [2.24, 2.45) is 0 Å². The second kappa shape index (κ2) is 11.2. The average molecular weight is 589 g/mol. The van der Waals surface area contributed by atoms with Gasteiger partial charge in [-0.3, -0.25) is 15.1 Å². The van der Waals surface area contributed by atoms with Crippen LogP contribution in [0.5, 0.6) is 0 Å². The highest BCUT2D eigenvalue weighted by molar-refractivity contribution is 7.89. The summed E-state index contributed by atoms with van der Waals surface area (Å²) in [5, 5.41) is 7.67. The molecule has 6 rings (SSSR count). The van der Waals surface area contributed by atoms with Gasteiger partial charge in [-0.25, -0.2) is 23.1 Å². The summed E-state index contributed by atoms with van der Waals surface area (Å²) in [4.78, 5) is 26.7. The highest BCUT2D eigenvalue weighted by Crippen LogP contribution is 2.27. The SMILES string of the molecule is Cc1cccc2c1nc(NC(=O)c1ccco1)n2N(C)c1ccnc(Nc2cccc(S(=O)(=O)N3CCOCC3)c2)n1. The van der Waals surface area contributed by atoms with Crippen LogP contribution in [0.2, 0.25) is 0 Å². The molecule has 2 aromatic carbocycles. The number of amides is 1. The first-order valence-corrected chi connectivity index (χ1v) is 14.6. The number of carbonyl (C=O) groups excluding carboxylic acids is 1. The van der Waals surface area contributed by atoms with Crippen molar-refractivity contribution in [1.29, 1.82) is 0 Å². The molecule has 0 aliphatic carbocycles. The van der Waals surface area contributed by atoms with Crippen LogP contribution in [0.3, 0.4) is 0 Å². The van der Waals surface area contributed by atoms with Crippen LogP contribution in [-0.2, 0) is 14.8 Å². The summed E-state index contributed by atoms with van der Waals surface area (Å²) in [6, 6.07) is 17.2. The molecular formula is C28H28N8O5S. The van der Waals surface area contributed by atoms with E-state index in [1.165, 1.54) is 10.6 Å². The lowest BCUT2D eigenvalue weighted by atomic mass is 10.2. The van der Waals surface area contributed by atoms with Crippen molar-refractivity contribution >= 4 is 50.4 Å². The Morgan fingerprint density at radius 1 is 1.02 bits per heavy atom. The number of fused-ring (bicyclic) bond motifs is 1. The number of sulfonamides is 1. The molecule has 5 aromatic rings. The molecule has 42 heavy (non-hydrogen) atoms. The highest BCUT2D eigenvalue weighted by Gasteiger charge is 2.26. The minimum absolute atomic E-state index is 0.152. The predicted octanol–water partition coefficient (Wildman–Crippen LogP) is 3.64. The molecule has 0 bridgehead atoms. The number of anilines is 4. The summed E-state index contributed by atoms with van der Waals surface area (Å²) in [7, 11) is -1.89. The Balaban J connectivity index is 1.30. The van der Waals surface area contributed by atoms with Crippen LogP contribution < -0.4 is 15.6 Å². The summed E-state index contributed by atoms with van der Waals surface area (Å²) in [6.45, 7) is 3.29.